The first-order valence-corrected chi connectivity index (χ1v) is 9.25. The molecule has 1 fully saturated rings. The Morgan fingerprint density at radius 1 is 1.48 bits per heavy atom. The van der Waals surface area contributed by atoms with E-state index in [1.165, 1.54) is 4.31 Å². The number of nitrogens with one attached hydrogen (secondary N) is 1. The van der Waals surface area contributed by atoms with Gasteiger partial charge in [0.15, 0.2) is 0 Å². The van der Waals surface area contributed by atoms with Crippen molar-refractivity contribution in [2.75, 3.05) is 26.8 Å². The van der Waals surface area contributed by atoms with Gasteiger partial charge in [-0.3, -0.25) is 0 Å². The number of sulfonamides is 1. The van der Waals surface area contributed by atoms with Crippen LogP contribution in [-0.2, 0) is 21.3 Å². The van der Waals surface area contributed by atoms with Crippen LogP contribution in [0.2, 0.25) is 0 Å². The number of likely N-dealkylation sites (N-methyl/N-ethyl adjacent to an activating group) is 1. The average molecular weight is 377 g/mol. The van der Waals surface area contributed by atoms with E-state index in [1.54, 1.807) is 13.1 Å². The van der Waals surface area contributed by atoms with Gasteiger partial charge in [0.1, 0.15) is 0 Å². The first-order valence-electron chi connectivity index (χ1n) is 7.01. The highest BCUT2D eigenvalue weighted by molar-refractivity contribution is 9.10. The Bertz CT molecular complexity index is 586. The fraction of sp³-hybridized carbons (Fsp3) is 0.571. The second-order valence-corrected chi connectivity index (χ2v) is 7.90. The van der Waals surface area contributed by atoms with Crippen LogP contribution in [0.25, 0.3) is 0 Å². The van der Waals surface area contributed by atoms with Crippen LogP contribution < -0.4 is 5.32 Å². The van der Waals surface area contributed by atoms with E-state index in [9.17, 15) is 8.42 Å². The van der Waals surface area contributed by atoms with Gasteiger partial charge in [0, 0.05) is 24.7 Å². The van der Waals surface area contributed by atoms with Gasteiger partial charge in [-0.2, -0.15) is 4.31 Å². The highest BCUT2D eigenvalue weighted by atomic mass is 79.9. The second kappa shape index (κ2) is 7.19. The van der Waals surface area contributed by atoms with Gasteiger partial charge in [-0.1, -0.05) is 13.0 Å². The van der Waals surface area contributed by atoms with Crippen molar-refractivity contribution < 1.29 is 13.2 Å². The Balaban J connectivity index is 2.23. The molecule has 0 bridgehead atoms. The van der Waals surface area contributed by atoms with Gasteiger partial charge in [-0.25, -0.2) is 8.42 Å². The van der Waals surface area contributed by atoms with Crippen LogP contribution in [0.4, 0.5) is 0 Å². The van der Waals surface area contributed by atoms with Gasteiger partial charge in [0.05, 0.1) is 17.5 Å². The normalized spacial score (nSPS) is 19.3. The van der Waals surface area contributed by atoms with Crippen molar-refractivity contribution in [1.29, 1.82) is 0 Å². The Hall–Kier alpha value is -0.470. The van der Waals surface area contributed by atoms with Crippen molar-refractivity contribution in [2.45, 2.75) is 30.8 Å². The lowest BCUT2D eigenvalue weighted by molar-refractivity contribution is 0.181. The molecule has 1 atom stereocenters. The third-order valence-corrected chi connectivity index (χ3v) is 6.54. The number of halogens is 1. The highest BCUT2D eigenvalue weighted by Crippen LogP contribution is 2.28. The Morgan fingerprint density at radius 3 is 2.81 bits per heavy atom. The van der Waals surface area contributed by atoms with Gasteiger partial charge < -0.3 is 10.1 Å². The van der Waals surface area contributed by atoms with E-state index in [-0.39, 0.29) is 6.04 Å². The standard InChI is InChI=1S/C14H21BrN2O3S/c1-3-16-9-11-4-5-14(13(15)8-11)21(18,19)17(2)12-6-7-20-10-12/h4-5,8,12,16H,3,6-7,9-10H2,1-2H3. The summed E-state index contributed by atoms with van der Waals surface area (Å²) >= 11 is 3.39. The summed E-state index contributed by atoms with van der Waals surface area (Å²) in [5.41, 5.74) is 1.05. The Kier molecular flexibility index (Phi) is 5.79. The molecule has 0 aliphatic carbocycles. The molecule has 1 aliphatic rings. The lowest BCUT2D eigenvalue weighted by Gasteiger charge is -2.23. The van der Waals surface area contributed by atoms with Crippen LogP contribution in [0, 0.1) is 0 Å². The fourth-order valence-corrected chi connectivity index (χ4v) is 4.75. The van der Waals surface area contributed by atoms with Gasteiger partial charge >= 0.3 is 0 Å². The number of rotatable bonds is 6. The first-order chi connectivity index (χ1) is 9.96. The van der Waals surface area contributed by atoms with Crippen LogP contribution in [0.3, 0.4) is 0 Å². The fourth-order valence-electron chi connectivity index (χ4n) is 2.29. The lowest BCUT2D eigenvalue weighted by Crippen LogP contribution is -2.37. The summed E-state index contributed by atoms with van der Waals surface area (Å²) in [4.78, 5) is 0.303. The molecule has 7 heteroatoms. The van der Waals surface area contributed by atoms with Crippen LogP contribution in [0.15, 0.2) is 27.6 Å². The van der Waals surface area contributed by atoms with E-state index in [4.69, 9.17) is 4.74 Å². The average Bonchev–Trinajstić information content (AvgIpc) is 2.98. The molecule has 1 unspecified atom stereocenters. The maximum Gasteiger partial charge on any atom is 0.244 e. The molecule has 0 spiro atoms. The summed E-state index contributed by atoms with van der Waals surface area (Å²) in [5, 5.41) is 3.22. The molecule has 1 saturated heterocycles. The molecule has 2 rings (SSSR count). The summed E-state index contributed by atoms with van der Waals surface area (Å²) in [6, 6.07) is 5.29. The molecule has 118 valence electrons. The molecule has 1 aliphatic heterocycles. The van der Waals surface area contributed by atoms with E-state index >= 15 is 0 Å². The maximum atomic E-state index is 12.7. The third-order valence-electron chi connectivity index (χ3n) is 3.65. The smallest absolute Gasteiger partial charge is 0.244 e. The molecule has 1 heterocycles. The zero-order valence-electron chi connectivity index (χ0n) is 12.3. The number of benzene rings is 1. The summed E-state index contributed by atoms with van der Waals surface area (Å²) in [7, 11) is -1.89. The molecule has 0 amide bonds. The van der Waals surface area contributed by atoms with E-state index in [2.05, 4.69) is 21.2 Å². The molecule has 1 aromatic rings. The van der Waals surface area contributed by atoms with Crippen LogP contribution >= 0.6 is 15.9 Å². The van der Waals surface area contributed by atoms with Crippen LogP contribution in [0.5, 0.6) is 0 Å². The van der Waals surface area contributed by atoms with Crippen molar-refractivity contribution in [3.05, 3.63) is 28.2 Å². The molecule has 21 heavy (non-hydrogen) atoms. The van der Waals surface area contributed by atoms with Gasteiger partial charge in [-0.15, -0.1) is 0 Å². The minimum Gasteiger partial charge on any atom is -0.380 e. The monoisotopic (exact) mass is 376 g/mol. The molecular weight excluding hydrogens is 356 g/mol. The number of hydrogen-bond acceptors (Lipinski definition) is 4. The molecule has 0 radical (unpaired) electrons. The van der Waals surface area contributed by atoms with E-state index < -0.39 is 10.0 Å². The van der Waals surface area contributed by atoms with E-state index in [0.717, 1.165) is 25.1 Å². The van der Waals surface area contributed by atoms with Crippen molar-refractivity contribution >= 4 is 26.0 Å². The first kappa shape index (κ1) is 16.9. The molecule has 5 nitrogen and oxygen atoms in total. The quantitative estimate of drug-likeness (QED) is 0.824. The molecule has 0 aromatic heterocycles. The topological polar surface area (TPSA) is 58.6 Å². The molecule has 1 N–H and O–H groups in total. The zero-order chi connectivity index (χ0) is 15.5. The predicted octanol–water partition coefficient (Wildman–Crippen LogP) is 1.97. The van der Waals surface area contributed by atoms with E-state index in [1.807, 2.05) is 19.1 Å². The SMILES string of the molecule is CCNCc1ccc(S(=O)(=O)N(C)C2CCOC2)c(Br)c1. The van der Waals surface area contributed by atoms with Gasteiger partial charge in [0.25, 0.3) is 0 Å². The highest BCUT2D eigenvalue weighted by Gasteiger charge is 2.31. The minimum atomic E-state index is -3.50. The number of ether oxygens (including phenoxy) is 1. The predicted molar refractivity (Wildman–Crippen MR) is 85.7 cm³/mol. The van der Waals surface area contributed by atoms with Gasteiger partial charge in [0.2, 0.25) is 10.0 Å². The summed E-state index contributed by atoms with van der Waals surface area (Å²) in [5.74, 6) is 0. The minimum absolute atomic E-state index is 0.0802. The van der Waals surface area contributed by atoms with Crippen molar-refractivity contribution in [1.82, 2.24) is 9.62 Å². The zero-order valence-corrected chi connectivity index (χ0v) is 14.7. The Labute approximate surface area is 134 Å². The van der Waals surface area contributed by atoms with Gasteiger partial charge in [-0.05, 0) is 46.6 Å². The Morgan fingerprint density at radius 2 is 2.24 bits per heavy atom. The van der Waals surface area contributed by atoms with Crippen molar-refractivity contribution in [3.8, 4) is 0 Å². The second-order valence-electron chi connectivity index (χ2n) is 5.08. The number of hydrogen-bond donors (Lipinski definition) is 1. The number of nitrogens with zero attached hydrogens (tertiary/aromatic N) is 1. The summed E-state index contributed by atoms with van der Waals surface area (Å²) < 4.78 is 32.7. The molecule has 0 saturated carbocycles. The van der Waals surface area contributed by atoms with Crippen LogP contribution in [0.1, 0.15) is 18.9 Å². The van der Waals surface area contributed by atoms with Crippen molar-refractivity contribution in [2.24, 2.45) is 0 Å². The van der Waals surface area contributed by atoms with Crippen LogP contribution in [-0.4, -0.2) is 45.6 Å². The molecule has 1 aromatic carbocycles. The maximum absolute atomic E-state index is 12.7. The summed E-state index contributed by atoms with van der Waals surface area (Å²) in [6.07, 6.45) is 0.742. The van der Waals surface area contributed by atoms with Crippen molar-refractivity contribution in [3.63, 3.8) is 0 Å². The van der Waals surface area contributed by atoms with E-state index in [0.29, 0.717) is 22.6 Å². The summed E-state index contributed by atoms with van der Waals surface area (Å²) in [6.45, 7) is 4.72. The third kappa shape index (κ3) is 3.84. The largest absolute Gasteiger partial charge is 0.380 e. The lowest BCUT2D eigenvalue weighted by atomic mass is 10.2. The molecular formula is C14H21BrN2O3S.